The Morgan fingerprint density at radius 3 is 2.46 bits per heavy atom. The van der Waals surface area contributed by atoms with Gasteiger partial charge in [0.15, 0.2) is 6.79 Å². The second-order valence-electron chi connectivity index (χ2n) is 4.68. The second kappa shape index (κ2) is 8.27. The molecular formula is C18H15F3O3. The van der Waals surface area contributed by atoms with E-state index in [4.69, 9.17) is 9.47 Å². The molecule has 0 aromatic heterocycles. The third kappa shape index (κ3) is 5.86. The first-order chi connectivity index (χ1) is 11.5. The van der Waals surface area contributed by atoms with Gasteiger partial charge in [-0.05, 0) is 30.7 Å². The van der Waals surface area contributed by atoms with Crippen molar-refractivity contribution < 1.29 is 27.4 Å². The Hall–Kier alpha value is -2.65. The number of hydrogen-bond acceptors (Lipinski definition) is 3. The van der Waals surface area contributed by atoms with Crippen LogP contribution in [0.25, 0.3) is 0 Å². The number of rotatable bonds is 6. The van der Waals surface area contributed by atoms with E-state index in [0.29, 0.717) is 17.9 Å². The van der Waals surface area contributed by atoms with Gasteiger partial charge in [-0.25, -0.2) is 0 Å². The molecule has 0 N–H and O–H groups in total. The van der Waals surface area contributed by atoms with Crippen LogP contribution in [0.4, 0.5) is 13.2 Å². The van der Waals surface area contributed by atoms with Crippen LogP contribution in [-0.4, -0.2) is 13.2 Å². The average molecular weight is 336 g/mol. The van der Waals surface area contributed by atoms with Gasteiger partial charge in [-0.2, -0.15) is 0 Å². The largest absolute Gasteiger partial charge is 0.573 e. The maximum Gasteiger partial charge on any atom is 0.573 e. The number of ether oxygens (including phenoxy) is 3. The zero-order chi connectivity index (χ0) is 17.4. The van der Waals surface area contributed by atoms with E-state index in [-0.39, 0.29) is 12.5 Å². The van der Waals surface area contributed by atoms with Crippen LogP contribution in [0, 0.1) is 11.8 Å². The van der Waals surface area contributed by atoms with Gasteiger partial charge in [-0.3, -0.25) is 0 Å². The predicted octanol–water partition coefficient (Wildman–Crippen LogP) is 4.51. The van der Waals surface area contributed by atoms with Crippen LogP contribution >= 0.6 is 0 Å². The Labute approximate surface area is 138 Å². The van der Waals surface area contributed by atoms with Crippen LogP contribution in [0.3, 0.4) is 0 Å². The highest BCUT2D eigenvalue weighted by molar-refractivity contribution is 5.50. The minimum Gasteiger partial charge on any atom is -0.466 e. The smallest absolute Gasteiger partial charge is 0.466 e. The summed E-state index contributed by atoms with van der Waals surface area (Å²) < 4.78 is 51.5. The van der Waals surface area contributed by atoms with Crippen molar-refractivity contribution in [1.29, 1.82) is 0 Å². The van der Waals surface area contributed by atoms with E-state index >= 15 is 0 Å². The summed E-state index contributed by atoms with van der Waals surface area (Å²) in [7, 11) is 0. The lowest BCUT2D eigenvalue weighted by atomic mass is 10.2. The molecule has 0 aliphatic rings. The highest BCUT2D eigenvalue weighted by atomic mass is 19.4. The summed E-state index contributed by atoms with van der Waals surface area (Å²) in [6, 6.07) is 13.2. The summed E-state index contributed by atoms with van der Waals surface area (Å²) in [5, 5.41) is 0. The molecule has 2 aromatic rings. The van der Waals surface area contributed by atoms with Crippen LogP contribution < -0.4 is 9.47 Å². The average Bonchev–Trinajstić information content (AvgIpc) is 2.53. The normalized spacial score (nSPS) is 10.7. The maximum absolute atomic E-state index is 12.3. The van der Waals surface area contributed by atoms with Crippen molar-refractivity contribution in [2.24, 2.45) is 0 Å². The number of halogens is 3. The highest BCUT2D eigenvalue weighted by Gasteiger charge is 2.31. The molecule has 0 bridgehead atoms. The summed E-state index contributed by atoms with van der Waals surface area (Å²) >= 11 is 0. The van der Waals surface area contributed by atoms with Crippen LogP contribution in [0.5, 0.6) is 11.5 Å². The molecular weight excluding hydrogens is 321 g/mol. The third-order valence-electron chi connectivity index (χ3n) is 2.85. The molecule has 24 heavy (non-hydrogen) atoms. The van der Waals surface area contributed by atoms with Gasteiger partial charge in [0.1, 0.15) is 11.5 Å². The van der Waals surface area contributed by atoms with E-state index in [1.165, 1.54) is 18.2 Å². The van der Waals surface area contributed by atoms with Gasteiger partial charge in [0.2, 0.25) is 0 Å². The minimum atomic E-state index is -4.75. The van der Waals surface area contributed by atoms with E-state index in [9.17, 15) is 13.2 Å². The van der Waals surface area contributed by atoms with Gasteiger partial charge in [-0.1, -0.05) is 36.3 Å². The number of alkyl halides is 3. The summed E-state index contributed by atoms with van der Waals surface area (Å²) in [6.07, 6.45) is -4.75. The molecule has 0 atom stereocenters. The lowest BCUT2D eigenvalue weighted by Crippen LogP contribution is -2.17. The summed E-state index contributed by atoms with van der Waals surface area (Å²) in [5.74, 6) is 5.28. The van der Waals surface area contributed by atoms with Crippen molar-refractivity contribution in [2.75, 3.05) is 6.79 Å². The first-order valence-electron chi connectivity index (χ1n) is 7.05. The molecule has 0 saturated heterocycles. The van der Waals surface area contributed by atoms with Gasteiger partial charge in [0, 0.05) is 0 Å². The van der Waals surface area contributed by atoms with Crippen LogP contribution in [0.1, 0.15) is 18.1 Å². The molecule has 0 amide bonds. The van der Waals surface area contributed by atoms with Gasteiger partial charge in [0.05, 0.1) is 12.2 Å². The first kappa shape index (κ1) is 17.7. The fourth-order valence-corrected chi connectivity index (χ4v) is 1.90. The molecule has 0 fully saturated rings. The number of hydrogen-bond donors (Lipinski definition) is 0. The molecule has 126 valence electrons. The van der Waals surface area contributed by atoms with E-state index in [0.717, 1.165) is 5.56 Å². The lowest BCUT2D eigenvalue weighted by Gasteiger charge is -2.12. The lowest BCUT2D eigenvalue weighted by molar-refractivity contribution is -0.274. The summed E-state index contributed by atoms with van der Waals surface area (Å²) in [5.41, 5.74) is 1.28. The Morgan fingerprint density at radius 2 is 1.79 bits per heavy atom. The summed E-state index contributed by atoms with van der Waals surface area (Å²) in [6.45, 7) is 1.89. The number of benzene rings is 2. The Morgan fingerprint density at radius 1 is 1.04 bits per heavy atom. The molecule has 6 heteroatoms. The molecule has 0 aliphatic carbocycles. The van der Waals surface area contributed by atoms with Crippen molar-refractivity contribution in [3.8, 4) is 23.3 Å². The highest BCUT2D eigenvalue weighted by Crippen LogP contribution is 2.28. The Bertz CT molecular complexity index is 716. The molecule has 0 radical (unpaired) electrons. The van der Waals surface area contributed by atoms with Crippen LogP contribution in [0.2, 0.25) is 0 Å². The van der Waals surface area contributed by atoms with E-state index < -0.39 is 6.36 Å². The maximum atomic E-state index is 12.3. The van der Waals surface area contributed by atoms with Gasteiger partial charge in [-0.15, -0.1) is 19.1 Å². The van der Waals surface area contributed by atoms with E-state index in [1.807, 2.05) is 30.3 Å². The zero-order valence-corrected chi connectivity index (χ0v) is 12.9. The molecule has 2 rings (SSSR count). The minimum absolute atomic E-state index is 0.0488. The van der Waals surface area contributed by atoms with Crippen molar-refractivity contribution in [2.45, 2.75) is 19.9 Å². The SMILES string of the molecule is CC#Cc1cc(OC(F)(F)F)ccc1OCOCc1ccccc1. The molecule has 2 aromatic carbocycles. The monoisotopic (exact) mass is 336 g/mol. The topological polar surface area (TPSA) is 27.7 Å². The molecule has 0 saturated carbocycles. The molecule has 0 heterocycles. The van der Waals surface area contributed by atoms with Gasteiger partial charge >= 0.3 is 6.36 Å². The Kier molecular flexibility index (Phi) is 6.10. The van der Waals surface area contributed by atoms with Crippen molar-refractivity contribution in [1.82, 2.24) is 0 Å². The molecule has 0 unspecified atom stereocenters. The van der Waals surface area contributed by atoms with Crippen LogP contribution in [0.15, 0.2) is 48.5 Å². The van der Waals surface area contributed by atoms with Crippen molar-refractivity contribution in [3.05, 3.63) is 59.7 Å². The first-order valence-corrected chi connectivity index (χ1v) is 7.05. The molecule has 3 nitrogen and oxygen atoms in total. The molecule has 0 spiro atoms. The Balaban J connectivity index is 1.97. The fourth-order valence-electron chi connectivity index (χ4n) is 1.90. The zero-order valence-electron chi connectivity index (χ0n) is 12.9. The summed E-state index contributed by atoms with van der Waals surface area (Å²) in [4.78, 5) is 0. The quantitative estimate of drug-likeness (QED) is 0.441. The van der Waals surface area contributed by atoms with E-state index in [1.54, 1.807) is 6.92 Å². The molecule has 0 aliphatic heterocycles. The second-order valence-corrected chi connectivity index (χ2v) is 4.68. The van der Waals surface area contributed by atoms with Gasteiger partial charge < -0.3 is 14.2 Å². The fraction of sp³-hybridized carbons (Fsp3) is 0.222. The standard InChI is InChI=1S/C18H15F3O3/c1-2-6-15-11-16(24-18(19,20)21)9-10-17(15)23-13-22-12-14-7-4-3-5-8-14/h3-5,7-11H,12-13H2,1H3. The van der Waals surface area contributed by atoms with Gasteiger partial charge in [0.25, 0.3) is 0 Å². The van der Waals surface area contributed by atoms with Crippen molar-refractivity contribution in [3.63, 3.8) is 0 Å². The van der Waals surface area contributed by atoms with E-state index in [2.05, 4.69) is 16.6 Å². The van der Waals surface area contributed by atoms with Crippen molar-refractivity contribution >= 4 is 0 Å². The predicted molar refractivity (Wildman–Crippen MR) is 82.4 cm³/mol. The third-order valence-corrected chi connectivity index (χ3v) is 2.85. The van der Waals surface area contributed by atoms with Crippen LogP contribution in [-0.2, 0) is 11.3 Å².